The second kappa shape index (κ2) is 8.20. The Morgan fingerprint density at radius 2 is 2.00 bits per heavy atom. The lowest BCUT2D eigenvalue weighted by Gasteiger charge is -2.27. The van der Waals surface area contributed by atoms with Crippen LogP contribution in [0.1, 0.15) is 20.8 Å². The highest BCUT2D eigenvalue weighted by atomic mass is 17.2. The Hall–Kier alpha value is -0.950. The Labute approximate surface area is 108 Å². The van der Waals surface area contributed by atoms with Crippen LogP contribution in [0.5, 0.6) is 0 Å². The predicted octanol–water partition coefficient (Wildman–Crippen LogP) is 1.45. The molecule has 0 spiro atoms. The van der Waals surface area contributed by atoms with Gasteiger partial charge in [0.15, 0.2) is 0 Å². The average Bonchev–Trinajstić information content (AvgIpc) is 2.35. The molecule has 0 aromatic heterocycles. The van der Waals surface area contributed by atoms with Crippen LogP contribution in [-0.2, 0) is 28.8 Å². The highest BCUT2D eigenvalue weighted by molar-refractivity contribution is 5.88. The van der Waals surface area contributed by atoms with Gasteiger partial charge in [0.1, 0.15) is 12.7 Å². The van der Waals surface area contributed by atoms with Crippen molar-refractivity contribution in [2.45, 2.75) is 32.7 Å². The van der Waals surface area contributed by atoms with E-state index in [-0.39, 0.29) is 18.8 Å². The van der Waals surface area contributed by atoms with Crippen LogP contribution in [0.15, 0.2) is 12.2 Å². The standard InChI is InChI=1S/C12H22O6/c1-7-16-11(13)9(2)10(3)17-18-12(4,15-6)8-14-5/h10H,2,7-8H2,1,3-6H3. The number of ether oxygens (including phenoxy) is 3. The topological polar surface area (TPSA) is 63.2 Å². The van der Waals surface area contributed by atoms with Crippen LogP contribution >= 0.6 is 0 Å². The number of rotatable bonds is 9. The number of esters is 1. The Morgan fingerprint density at radius 1 is 1.39 bits per heavy atom. The number of hydrogen-bond acceptors (Lipinski definition) is 6. The van der Waals surface area contributed by atoms with Crippen molar-refractivity contribution < 1.29 is 28.8 Å². The van der Waals surface area contributed by atoms with Crippen LogP contribution in [0.3, 0.4) is 0 Å². The maximum atomic E-state index is 11.4. The Morgan fingerprint density at radius 3 is 2.44 bits per heavy atom. The Balaban J connectivity index is 4.27. The van der Waals surface area contributed by atoms with E-state index in [1.54, 1.807) is 20.8 Å². The quantitative estimate of drug-likeness (QED) is 0.206. The van der Waals surface area contributed by atoms with E-state index >= 15 is 0 Å². The van der Waals surface area contributed by atoms with Crippen molar-refractivity contribution >= 4 is 5.97 Å². The molecule has 0 saturated heterocycles. The van der Waals surface area contributed by atoms with Gasteiger partial charge >= 0.3 is 5.97 Å². The van der Waals surface area contributed by atoms with Gasteiger partial charge in [-0.3, -0.25) is 0 Å². The van der Waals surface area contributed by atoms with Gasteiger partial charge in [0, 0.05) is 14.2 Å². The maximum Gasteiger partial charge on any atom is 0.336 e. The molecule has 0 fully saturated rings. The molecule has 6 heteroatoms. The van der Waals surface area contributed by atoms with E-state index in [2.05, 4.69) is 6.58 Å². The predicted molar refractivity (Wildman–Crippen MR) is 64.7 cm³/mol. The molecule has 0 bridgehead atoms. The summed E-state index contributed by atoms with van der Waals surface area (Å²) in [7, 11) is 2.98. The number of carbonyl (C=O) groups is 1. The fraction of sp³-hybridized carbons (Fsp3) is 0.750. The lowest BCUT2D eigenvalue weighted by atomic mass is 10.2. The van der Waals surface area contributed by atoms with Crippen LogP contribution in [0.4, 0.5) is 0 Å². The SMILES string of the molecule is C=C(C(=O)OCC)C(C)OOC(C)(COC)OC. The molecule has 0 rings (SSSR count). The highest BCUT2D eigenvalue weighted by Gasteiger charge is 2.28. The van der Waals surface area contributed by atoms with Crippen LogP contribution in [0.2, 0.25) is 0 Å². The molecule has 0 aliphatic heterocycles. The first-order valence-electron chi connectivity index (χ1n) is 5.64. The second-order valence-electron chi connectivity index (χ2n) is 3.84. The summed E-state index contributed by atoms with van der Waals surface area (Å²) in [6.07, 6.45) is -0.643. The minimum Gasteiger partial charge on any atom is -0.463 e. The number of hydrogen-bond donors (Lipinski definition) is 0. The van der Waals surface area contributed by atoms with Crippen molar-refractivity contribution in [3.8, 4) is 0 Å². The number of carbonyl (C=O) groups excluding carboxylic acids is 1. The lowest BCUT2D eigenvalue weighted by Crippen LogP contribution is -2.38. The van der Waals surface area contributed by atoms with Crippen molar-refractivity contribution in [2.75, 3.05) is 27.4 Å². The average molecular weight is 262 g/mol. The van der Waals surface area contributed by atoms with Gasteiger partial charge in [-0.15, -0.1) is 0 Å². The highest BCUT2D eigenvalue weighted by Crippen LogP contribution is 2.16. The van der Waals surface area contributed by atoms with Gasteiger partial charge in [0.05, 0.1) is 12.2 Å². The van der Waals surface area contributed by atoms with Gasteiger partial charge in [0.2, 0.25) is 5.79 Å². The van der Waals surface area contributed by atoms with E-state index in [1.165, 1.54) is 14.2 Å². The molecular formula is C12H22O6. The van der Waals surface area contributed by atoms with E-state index < -0.39 is 17.9 Å². The molecule has 0 aliphatic carbocycles. The van der Waals surface area contributed by atoms with Gasteiger partial charge < -0.3 is 14.2 Å². The molecule has 6 nitrogen and oxygen atoms in total. The Bertz CT molecular complexity index is 278. The summed E-state index contributed by atoms with van der Waals surface area (Å²) in [5.41, 5.74) is 0.174. The van der Waals surface area contributed by atoms with Gasteiger partial charge in [0.25, 0.3) is 0 Å². The Kier molecular flexibility index (Phi) is 7.77. The smallest absolute Gasteiger partial charge is 0.336 e. The molecule has 2 atom stereocenters. The van der Waals surface area contributed by atoms with E-state index in [0.29, 0.717) is 0 Å². The van der Waals surface area contributed by atoms with Gasteiger partial charge in [-0.1, -0.05) is 6.58 Å². The van der Waals surface area contributed by atoms with E-state index in [0.717, 1.165) is 0 Å². The molecule has 0 saturated carbocycles. The van der Waals surface area contributed by atoms with Crippen LogP contribution in [-0.4, -0.2) is 45.3 Å². The molecule has 2 unspecified atom stereocenters. The van der Waals surface area contributed by atoms with Crippen LogP contribution < -0.4 is 0 Å². The van der Waals surface area contributed by atoms with Crippen molar-refractivity contribution in [1.82, 2.24) is 0 Å². The third-order valence-electron chi connectivity index (χ3n) is 2.24. The molecule has 0 aromatic rings. The summed E-state index contributed by atoms with van der Waals surface area (Å²) in [5.74, 6) is -1.56. The van der Waals surface area contributed by atoms with Gasteiger partial charge in [-0.05, 0) is 20.8 Å². The maximum absolute atomic E-state index is 11.4. The molecule has 18 heavy (non-hydrogen) atoms. The number of methoxy groups -OCH3 is 2. The van der Waals surface area contributed by atoms with E-state index in [1.807, 2.05) is 0 Å². The molecule has 0 radical (unpaired) electrons. The summed E-state index contributed by atoms with van der Waals surface area (Å²) >= 11 is 0. The van der Waals surface area contributed by atoms with Crippen LogP contribution in [0.25, 0.3) is 0 Å². The monoisotopic (exact) mass is 262 g/mol. The minimum absolute atomic E-state index is 0.174. The zero-order valence-corrected chi connectivity index (χ0v) is 11.6. The van der Waals surface area contributed by atoms with Crippen molar-refractivity contribution in [2.24, 2.45) is 0 Å². The first-order valence-corrected chi connectivity index (χ1v) is 5.64. The molecular weight excluding hydrogens is 240 g/mol. The molecule has 0 aliphatic rings. The summed E-state index contributed by atoms with van der Waals surface area (Å²) in [6.45, 7) is 9.05. The van der Waals surface area contributed by atoms with E-state index in [4.69, 9.17) is 24.0 Å². The van der Waals surface area contributed by atoms with Crippen molar-refractivity contribution in [1.29, 1.82) is 0 Å². The zero-order valence-electron chi connectivity index (χ0n) is 11.6. The fourth-order valence-corrected chi connectivity index (χ4v) is 1.00. The summed E-state index contributed by atoms with van der Waals surface area (Å²) in [5, 5.41) is 0. The van der Waals surface area contributed by atoms with Crippen LogP contribution in [0, 0.1) is 0 Å². The molecule has 0 aromatic carbocycles. The third-order valence-corrected chi connectivity index (χ3v) is 2.24. The third kappa shape index (κ3) is 5.59. The van der Waals surface area contributed by atoms with Gasteiger partial charge in [-0.2, -0.15) is 4.89 Å². The van der Waals surface area contributed by atoms with Gasteiger partial charge in [-0.25, -0.2) is 9.68 Å². The summed E-state index contributed by atoms with van der Waals surface area (Å²) in [6, 6.07) is 0. The first-order chi connectivity index (χ1) is 8.40. The van der Waals surface area contributed by atoms with Crippen molar-refractivity contribution in [3.63, 3.8) is 0 Å². The molecule has 0 N–H and O–H groups in total. The van der Waals surface area contributed by atoms with E-state index in [9.17, 15) is 4.79 Å². The molecule has 0 amide bonds. The second-order valence-corrected chi connectivity index (χ2v) is 3.84. The lowest BCUT2D eigenvalue weighted by molar-refractivity contribution is -0.435. The fourth-order valence-electron chi connectivity index (χ4n) is 1.00. The molecule has 0 heterocycles. The largest absolute Gasteiger partial charge is 0.463 e. The minimum atomic E-state index is -1.04. The first kappa shape index (κ1) is 17.1. The molecule has 106 valence electrons. The van der Waals surface area contributed by atoms with Crippen molar-refractivity contribution in [3.05, 3.63) is 12.2 Å². The summed E-state index contributed by atoms with van der Waals surface area (Å²) < 4.78 is 14.8. The normalized spacial score (nSPS) is 15.8. The summed E-state index contributed by atoms with van der Waals surface area (Å²) in [4.78, 5) is 21.6. The zero-order chi connectivity index (χ0) is 14.2.